The lowest BCUT2D eigenvalue weighted by molar-refractivity contribution is 0.0912. The van der Waals surface area contributed by atoms with Gasteiger partial charge in [-0.25, -0.2) is 9.80 Å². The number of hydrogen-bond acceptors (Lipinski definition) is 4. The first-order valence-electron chi connectivity index (χ1n) is 26.6. The standard InChI is InChI=1S/C70H40N6O4/c77-67-51-37-63(73-55-28-9-1-20-43(55)44-21-2-10-29-56(44)73)64(74-57-30-11-3-22-45(57)46-23-4-12-31-58(46)74)38-52(51)68(78)71(67)41-18-17-19-42(36-41)72-69(79)53-39-65(75-59-32-13-5-24-47(59)48-25-6-14-33-60(48)75)66(40-54(53)70(72)80)76-61-34-15-7-26-49(61)50-27-8-16-35-62(50)76/h1-40H. The summed E-state index contributed by atoms with van der Waals surface area (Å²) in [4.78, 5) is 63.2. The number of fused-ring (bicyclic) bond motifs is 14. The summed E-state index contributed by atoms with van der Waals surface area (Å²) in [5.41, 5.74) is 11.8. The second kappa shape index (κ2) is 16.2. The Morgan fingerprint density at radius 1 is 0.200 bits per heavy atom. The largest absolute Gasteiger partial charge is 0.307 e. The predicted octanol–water partition coefficient (Wildman–Crippen LogP) is 15.7. The minimum absolute atomic E-state index is 0.221. The lowest BCUT2D eigenvalue weighted by atomic mass is 10.1. The van der Waals surface area contributed by atoms with E-state index >= 15 is 19.2 Å². The third-order valence-electron chi connectivity index (χ3n) is 16.6. The van der Waals surface area contributed by atoms with Gasteiger partial charge < -0.3 is 18.3 Å². The minimum Gasteiger partial charge on any atom is -0.307 e. The van der Waals surface area contributed by atoms with Gasteiger partial charge in [0, 0.05) is 43.1 Å². The molecular weight excluding hydrogens is 989 g/mol. The Kier molecular flexibility index (Phi) is 8.93. The summed E-state index contributed by atoms with van der Waals surface area (Å²) >= 11 is 0. The molecule has 374 valence electrons. The molecule has 11 aromatic carbocycles. The number of benzene rings is 11. The van der Waals surface area contributed by atoms with Gasteiger partial charge in [0.1, 0.15) is 0 Å². The van der Waals surface area contributed by atoms with Gasteiger partial charge in [0.05, 0.1) is 101 Å². The number of hydrogen-bond donors (Lipinski definition) is 0. The highest BCUT2D eigenvalue weighted by Crippen LogP contribution is 2.45. The fourth-order valence-corrected chi connectivity index (χ4v) is 13.2. The van der Waals surface area contributed by atoms with Crippen LogP contribution in [0.25, 0.3) is 110 Å². The molecule has 0 fully saturated rings. The third kappa shape index (κ3) is 5.85. The Labute approximate surface area is 455 Å². The molecular formula is C70H40N6O4. The normalized spacial score (nSPS) is 13.6. The number of amides is 4. The summed E-state index contributed by atoms with van der Waals surface area (Å²) in [6.07, 6.45) is 0. The highest BCUT2D eigenvalue weighted by atomic mass is 16.2. The van der Waals surface area contributed by atoms with Crippen molar-refractivity contribution in [3.05, 3.63) is 265 Å². The van der Waals surface area contributed by atoms with Crippen LogP contribution < -0.4 is 9.80 Å². The van der Waals surface area contributed by atoms with Crippen molar-refractivity contribution in [2.24, 2.45) is 0 Å². The van der Waals surface area contributed by atoms with Gasteiger partial charge in [0.25, 0.3) is 23.6 Å². The summed E-state index contributed by atoms with van der Waals surface area (Å²) in [6.45, 7) is 0. The zero-order valence-electron chi connectivity index (χ0n) is 42.4. The van der Waals surface area contributed by atoms with Crippen LogP contribution in [0.4, 0.5) is 11.4 Å². The van der Waals surface area contributed by atoms with Gasteiger partial charge >= 0.3 is 0 Å². The molecule has 10 heteroatoms. The van der Waals surface area contributed by atoms with Crippen LogP contribution in [-0.2, 0) is 0 Å². The van der Waals surface area contributed by atoms with Crippen LogP contribution in [0.2, 0.25) is 0 Å². The molecule has 4 aromatic heterocycles. The molecule has 10 nitrogen and oxygen atoms in total. The number of rotatable bonds is 6. The van der Waals surface area contributed by atoms with E-state index in [0.29, 0.717) is 0 Å². The molecule has 4 amide bonds. The molecule has 2 aliphatic heterocycles. The predicted molar refractivity (Wildman–Crippen MR) is 319 cm³/mol. The molecule has 6 heterocycles. The van der Waals surface area contributed by atoms with E-state index in [1.54, 1.807) is 24.3 Å². The van der Waals surface area contributed by atoms with Crippen molar-refractivity contribution >= 4 is 122 Å². The average molecular weight is 1030 g/mol. The fourth-order valence-electron chi connectivity index (χ4n) is 13.2. The molecule has 0 spiro atoms. The SMILES string of the molecule is O=C1c2cc(-n3c4ccccc4c4ccccc43)c(-n3c4ccccc4c4ccccc43)cc2C(=O)N1c1cccc(N2C(=O)c3cc(-n4c5ccccc5c5ccccc54)c(-n4c5ccccc5c5ccccc54)cc3C2=O)c1. The van der Waals surface area contributed by atoms with Crippen LogP contribution in [0.15, 0.2) is 243 Å². The maximum Gasteiger partial charge on any atom is 0.266 e. The van der Waals surface area contributed by atoms with E-state index in [1.807, 2.05) is 121 Å². The quantitative estimate of drug-likeness (QED) is 0.155. The van der Waals surface area contributed by atoms with E-state index in [-0.39, 0.29) is 33.6 Å². The minimum atomic E-state index is -0.521. The number of imide groups is 2. The van der Waals surface area contributed by atoms with E-state index in [0.717, 1.165) is 110 Å². The van der Waals surface area contributed by atoms with Crippen molar-refractivity contribution in [2.45, 2.75) is 0 Å². The van der Waals surface area contributed by atoms with Gasteiger partial charge in [0.15, 0.2) is 0 Å². The highest BCUT2D eigenvalue weighted by Gasteiger charge is 2.42. The maximum atomic E-state index is 15.2. The molecule has 0 saturated carbocycles. The van der Waals surface area contributed by atoms with Crippen molar-refractivity contribution in [1.82, 2.24) is 18.3 Å². The van der Waals surface area contributed by atoms with Gasteiger partial charge in [0.2, 0.25) is 0 Å². The van der Waals surface area contributed by atoms with Crippen LogP contribution in [0, 0.1) is 0 Å². The van der Waals surface area contributed by atoms with Crippen LogP contribution >= 0.6 is 0 Å². The average Bonchev–Trinajstić information content (AvgIpc) is 4.42. The van der Waals surface area contributed by atoms with Crippen molar-refractivity contribution in [1.29, 1.82) is 0 Å². The second-order valence-corrected chi connectivity index (χ2v) is 20.7. The molecule has 15 aromatic rings. The molecule has 17 rings (SSSR count). The van der Waals surface area contributed by atoms with Crippen molar-refractivity contribution in [2.75, 3.05) is 9.80 Å². The van der Waals surface area contributed by atoms with Crippen molar-refractivity contribution < 1.29 is 19.2 Å². The van der Waals surface area contributed by atoms with Gasteiger partial charge in [-0.1, -0.05) is 152 Å². The van der Waals surface area contributed by atoms with Gasteiger partial charge in [-0.05, 0) is 91.0 Å². The van der Waals surface area contributed by atoms with Crippen molar-refractivity contribution in [3.63, 3.8) is 0 Å². The van der Waals surface area contributed by atoms with Crippen LogP contribution in [0.1, 0.15) is 41.4 Å². The number of carbonyl (C=O) groups is 4. The van der Waals surface area contributed by atoms with Gasteiger partial charge in [-0.3, -0.25) is 19.2 Å². The van der Waals surface area contributed by atoms with Gasteiger partial charge in [-0.15, -0.1) is 0 Å². The molecule has 0 radical (unpaired) electrons. The number of para-hydroxylation sites is 8. The molecule has 0 N–H and O–H groups in total. The van der Waals surface area contributed by atoms with Crippen LogP contribution in [0.3, 0.4) is 0 Å². The first-order valence-corrected chi connectivity index (χ1v) is 26.6. The Morgan fingerprint density at radius 3 is 0.588 bits per heavy atom. The monoisotopic (exact) mass is 1030 g/mol. The van der Waals surface area contributed by atoms with E-state index in [9.17, 15) is 0 Å². The summed E-state index contributed by atoms with van der Waals surface area (Å²) < 4.78 is 8.75. The van der Waals surface area contributed by atoms with Gasteiger partial charge in [-0.2, -0.15) is 0 Å². The Balaban J connectivity index is 0.827. The molecule has 0 atom stereocenters. The Bertz CT molecular complexity index is 4480. The molecule has 0 unspecified atom stereocenters. The summed E-state index contributed by atoms with van der Waals surface area (Å²) in [5, 5.41) is 8.42. The Hall–Kier alpha value is -11.1. The topological polar surface area (TPSA) is 94.5 Å². The Morgan fingerprint density at radius 2 is 0.388 bits per heavy atom. The fraction of sp³-hybridized carbons (Fsp3) is 0. The lowest BCUT2D eigenvalue weighted by Gasteiger charge is -2.18. The lowest BCUT2D eigenvalue weighted by Crippen LogP contribution is -2.31. The van der Waals surface area contributed by atoms with Crippen LogP contribution in [0.5, 0.6) is 0 Å². The summed E-state index contributed by atoms with van der Waals surface area (Å²) in [6, 6.07) is 79.8. The molecule has 2 aliphatic rings. The molecule has 0 saturated heterocycles. The number of nitrogens with zero attached hydrogens (tertiary/aromatic N) is 6. The second-order valence-electron chi connectivity index (χ2n) is 20.7. The zero-order chi connectivity index (χ0) is 53.1. The summed E-state index contributed by atoms with van der Waals surface area (Å²) in [5.74, 6) is -2.09. The molecule has 0 bridgehead atoms. The van der Waals surface area contributed by atoms with E-state index < -0.39 is 23.6 Å². The first-order chi connectivity index (χ1) is 39.4. The van der Waals surface area contributed by atoms with E-state index in [4.69, 9.17) is 0 Å². The van der Waals surface area contributed by atoms with Crippen LogP contribution in [-0.4, -0.2) is 41.9 Å². The summed E-state index contributed by atoms with van der Waals surface area (Å²) in [7, 11) is 0. The first kappa shape index (κ1) is 44.1. The maximum absolute atomic E-state index is 15.2. The molecule has 80 heavy (non-hydrogen) atoms. The van der Waals surface area contributed by atoms with E-state index in [2.05, 4.69) is 115 Å². The number of anilines is 2. The highest BCUT2D eigenvalue weighted by molar-refractivity contribution is 6.37. The van der Waals surface area contributed by atoms with E-state index in [1.165, 1.54) is 9.80 Å². The third-order valence-corrected chi connectivity index (χ3v) is 16.6. The smallest absolute Gasteiger partial charge is 0.266 e. The number of carbonyl (C=O) groups excluding carboxylic acids is 4. The zero-order valence-corrected chi connectivity index (χ0v) is 42.4. The molecule has 0 aliphatic carbocycles. The number of aromatic nitrogens is 4. The van der Waals surface area contributed by atoms with Crippen molar-refractivity contribution in [3.8, 4) is 22.7 Å².